The average molecular weight is 244 g/mol. The highest BCUT2D eigenvalue weighted by molar-refractivity contribution is 5.27. The molecule has 1 aliphatic carbocycles. The quantitative estimate of drug-likeness (QED) is 0.837. The van der Waals surface area contributed by atoms with E-state index >= 15 is 0 Å². The van der Waals surface area contributed by atoms with Crippen LogP contribution < -0.4 is 10.1 Å². The second-order valence-electron chi connectivity index (χ2n) is 4.93. The summed E-state index contributed by atoms with van der Waals surface area (Å²) in [6, 6.07) is 10.6. The molecular formula is C15H20N2O. The Labute approximate surface area is 109 Å². The van der Waals surface area contributed by atoms with Crippen LogP contribution in [0, 0.1) is 16.7 Å². The maximum absolute atomic E-state index is 9.12. The molecule has 0 bridgehead atoms. The van der Waals surface area contributed by atoms with Crippen LogP contribution in [0.25, 0.3) is 0 Å². The zero-order chi connectivity index (χ0) is 12.8. The molecule has 1 fully saturated rings. The standard InChI is InChI=1S/C15H20N2O/c1-2-18-14-6-4-13(5-7-14)10-17-12-15(11-16)8-3-9-15/h4-7,17H,2-3,8-10,12H2,1H3. The van der Waals surface area contributed by atoms with Crippen LogP contribution in [0.3, 0.4) is 0 Å². The van der Waals surface area contributed by atoms with Gasteiger partial charge in [0.1, 0.15) is 5.75 Å². The van der Waals surface area contributed by atoms with E-state index in [4.69, 9.17) is 10.00 Å². The van der Waals surface area contributed by atoms with Crippen LogP contribution in [0.4, 0.5) is 0 Å². The van der Waals surface area contributed by atoms with E-state index in [0.29, 0.717) is 6.61 Å². The lowest BCUT2D eigenvalue weighted by Gasteiger charge is -2.35. The van der Waals surface area contributed by atoms with Gasteiger partial charge in [0.2, 0.25) is 0 Å². The fourth-order valence-electron chi connectivity index (χ4n) is 2.25. The van der Waals surface area contributed by atoms with Gasteiger partial charge in [0.05, 0.1) is 18.1 Å². The van der Waals surface area contributed by atoms with E-state index in [2.05, 4.69) is 23.5 Å². The minimum Gasteiger partial charge on any atom is -0.494 e. The van der Waals surface area contributed by atoms with Gasteiger partial charge in [-0.15, -0.1) is 0 Å². The summed E-state index contributed by atoms with van der Waals surface area (Å²) in [5, 5.41) is 12.5. The van der Waals surface area contributed by atoms with Gasteiger partial charge in [-0.05, 0) is 37.5 Å². The highest BCUT2D eigenvalue weighted by Gasteiger charge is 2.36. The summed E-state index contributed by atoms with van der Waals surface area (Å²) in [5.41, 5.74) is 1.14. The van der Waals surface area contributed by atoms with Crippen LogP contribution in [0.1, 0.15) is 31.7 Å². The molecule has 0 heterocycles. The molecule has 1 aromatic carbocycles. The Morgan fingerprint density at radius 2 is 2.06 bits per heavy atom. The third-order valence-corrected chi connectivity index (χ3v) is 3.57. The first-order valence-corrected chi connectivity index (χ1v) is 6.62. The van der Waals surface area contributed by atoms with Crippen molar-refractivity contribution in [2.75, 3.05) is 13.2 Å². The summed E-state index contributed by atoms with van der Waals surface area (Å²) >= 11 is 0. The van der Waals surface area contributed by atoms with Crippen molar-refractivity contribution < 1.29 is 4.74 Å². The molecule has 3 heteroatoms. The third kappa shape index (κ3) is 3.02. The maximum atomic E-state index is 9.12. The normalized spacial score (nSPS) is 16.7. The minimum atomic E-state index is -0.0920. The number of benzene rings is 1. The van der Waals surface area contributed by atoms with E-state index in [-0.39, 0.29) is 5.41 Å². The number of nitrogens with zero attached hydrogens (tertiary/aromatic N) is 1. The van der Waals surface area contributed by atoms with Gasteiger partial charge in [-0.1, -0.05) is 18.6 Å². The minimum absolute atomic E-state index is 0.0920. The van der Waals surface area contributed by atoms with Gasteiger partial charge in [0.25, 0.3) is 0 Å². The summed E-state index contributed by atoms with van der Waals surface area (Å²) in [4.78, 5) is 0. The third-order valence-electron chi connectivity index (χ3n) is 3.57. The van der Waals surface area contributed by atoms with E-state index in [0.717, 1.165) is 31.7 Å². The van der Waals surface area contributed by atoms with Crippen LogP contribution in [0.15, 0.2) is 24.3 Å². The van der Waals surface area contributed by atoms with Crippen molar-refractivity contribution in [2.24, 2.45) is 5.41 Å². The summed E-state index contributed by atoms with van der Waals surface area (Å²) in [5.74, 6) is 0.911. The van der Waals surface area contributed by atoms with Crippen molar-refractivity contribution in [1.82, 2.24) is 5.32 Å². The molecule has 0 unspecified atom stereocenters. The first kappa shape index (κ1) is 12.9. The van der Waals surface area contributed by atoms with Crippen molar-refractivity contribution >= 4 is 0 Å². The van der Waals surface area contributed by atoms with Crippen molar-refractivity contribution in [3.05, 3.63) is 29.8 Å². The molecule has 1 saturated carbocycles. The first-order valence-electron chi connectivity index (χ1n) is 6.62. The summed E-state index contributed by atoms with van der Waals surface area (Å²) in [6.45, 7) is 4.30. The van der Waals surface area contributed by atoms with Crippen molar-refractivity contribution in [3.63, 3.8) is 0 Å². The van der Waals surface area contributed by atoms with Crippen LogP contribution >= 0.6 is 0 Å². The number of hydrogen-bond donors (Lipinski definition) is 1. The zero-order valence-corrected chi connectivity index (χ0v) is 10.9. The van der Waals surface area contributed by atoms with Crippen LogP contribution in [-0.4, -0.2) is 13.2 Å². The van der Waals surface area contributed by atoms with Crippen molar-refractivity contribution in [3.8, 4) is 11.8 Å². The lowest BCUT2D eigenvalue weighted by molar-refractivity contribution is 0.206. The second kappa shape index (κ2) is 5.88. The second-order valence-corrected chi connectivity index (χ2v) is 4.93. The molecule has 2 rings (SSSR count). The average Bonchev–Trinajstić information content (AvgIpc) is 2.35. The lowest BCUT2D eigenvalue weighted by Crippen LogP contribution is -2.38. The number of rotatable bonds is 6. The fraction of sp³-hybridized carbons (Fsp3) is 0.533. The Kier molecular flexibility index (Phi) is 4.22. The van der Waals surface area contributed by atoms with E-state index in [9.17, 15) is 0 Å². The monoisotopic (exact) mass is 244 g/mol. The fourth-order valence-corrected chi connectivity index (χ4v) is 2.25. The van der Waals surface area contributed by atoms with Crippen LogP contribution in [0.2, 0.25) is 0 Å². The van der Waals surface area contributed by atoms with Gasteiger partial charge in [-0.25, -0.2) is 0 Å². The molecule has 0 radical (unpaired) electrons. The molecule has 1 aromatic rings. The first-order chi connectivity index (χ1) is 8.78. The number of nitriles is 1. The molecule has 1 N–H and O–H groups in total. The molecular weight excluding hydrogens is 224 g/mol. The highest BCUT2D eigenvalue weighted by atomic mass is 16.5. The Balaban J connectivity index is 1.78. The van der Waals surface area contributed by atoms with Gasteiger partial charge in [0.15, 0.2) is 0 Å². The van der Waals surface area contributed by atoms with E-state index in [1.165, 1.54) is 12.0 Å². The molecule has 0 saturated heterocycles. The predicted molar refractivity (Wildman–Crippen MR) is 71.2 cm³/mol. The number of hydrogen-bond acceptors (Lipinski definition) is 3. The van der Waals surface area contributed by atoms with E-state index < -0.39 is 0 Å². The van der Waals surface area contributed by atoms with Gasteiger partial charge in [0, 0.05) is 13.1 Å². The summed E-state index contributed by atoms with van der Waals surface area (Å²) in [7, 11) is 0. The maximum Gasteiger partial charge on any atom is 0.119 e. The Morgan fingerprint density at radius 3 is 2.56 bits per heavy atom. The summed E-state index contributed by atoms with van der Waals surface area (Å²) < 4.78 is 5.40. The van der Waals surface area contributed by atoms with Gasteiger partial charge in [-0.2, -0.15) is 5.26 Å². The number of ether oxygens (including phenoxy) is 1. The Morgan fingerprint density at radius 1 is 1.33 bits per heavy atom. The van der Waals surface area contributed by atoms with Crippen molar-refractivity contribution in [1.29, 1.82) is 5.26 Å². The molecule has 96 valence electrons. The van der Waals surface area contributed by atoms with Gasteiger partial charge >= 0.3 is 0 Å². The molecule has 0 aromatic heterocycles. The van der Waals surface area contributed by atoms with Gasteiger partial charge in [-0.3, -0.25) is 0 Å². The topological polar surface area (TPSA) is 45.0 Å². The largest absolute Gasteiger partial charge is 0.494 e. The predicted octanol–water partition coefficient (Wildman–Crippen LogP) is 2.87. The molecule has 0 aliphatic heterocycles. The molecule has 3 nitrogen and oxygen atoms in total. The molecule has 0 atom stereocenters. The van der Waals surface area contributed by atoms with E-state index in [1.54, 1.807) is 0 Å². The van der Waals surface area contributed by atoms with Crippen LogP contribution in [0.5, 0.6) is 5.75 Å². The zero-order valence-electron chi connectivity index (χ0n) is 10.9. The SMILES string of the molecule is CCOc1ccc(CNCC2(C#N)CCC2)cc1. The lowest BCUT2D eigenvalue weighted by atomic mass is 9.70. The highest BCUT2D eigenvalue weighted by Crippen LogP contribution is 2.39. The van der Waals surface area contributed by atoms with Crippen LogP contribution in [-0.2, 0) is 6.54 Å². The van der Waals surface area contributed by atoms with Gasteiger partial charge < -0.3 is 10.1 Å². The smallest absolute Gasteiger partial charge is 0.119 e. The van der Waals surface area contributed by atoms with E-state index in [1.807, 2.05) is 19.1 Å². The molecule has 18 heavy (non-hydrogen) atoms. The summed E-state index contributed by atoms with van der Waals surface area (Å²) in [6.07, 6.45) is 3.28. The molecule has 1 aliphatic rings. The molecule has 0 amide bonds. The molecule has 0 spiro atoms. The number of nitrogens with one attached hydrogen (secondary N) is 1. The Hall–Kier alpha value is -1.53. The van der Waals surface area contributed by atoms with Crippen molar-refractivity contribution in [2.45, 2.75) is 32.7 Å². The Bertz CT molecular complexity index is 415.